The molecular formula is C28H29F4N3O5. The fraction of sp³-hybridized carbons (Fsp3) is 0.464. The molecule has 0 aromatic heterocycles. The molecule has 1 N–H and O–H groups in total. The Bertz CT molecular complexity index is 1300. The van der Waals surface area contributed by atoms with Crippen LogP contribution < -0.4 is 5.32 Å². The Morgan fingerprint density at radius 3 is 2.62 bits per heavy atom. The molecule has 40 heavy (non-hydrogen) atoms. The third-order valence-corrected chi connectivity index (χ3v) is 7.80. The first-order valence-electron chi connectivity index (χ1n) is 13.1. The number of nitrogens with zero attached hydrogens (tertiary/aromatic N) is 2. The van der Waals surface area contributed by atoms with E-state index in [-0.39, 0.29) is 12.0 Å². The highest BCUT2D eigenvalue weighted by atomic mass is 19.4. The van der Waals surface area contributed by atoms with E-state index in [1.807, 2.05) is 6.07 Å². The first-order valence-corrected chi connectivity index (χ1v) is 13.1. The van der Waals surface area contributed by atoms with Crippen molar-refractivity contribution in [1.29, 1.82) is 0 Å². The zero-order valence-corrected chi connectivity index (χ0v) is 21.8. The Labute approximate surface area is 228 Å². The number of imide groups is 1. The summed E-state index contributed by atoms with van der Waals surface area (Å²) in [4.78, 5) is 40.6. The Kier molecular flexibility index (Phi) is 7.47. The lowest BCUT2D eigenvalue weighted by atomic mass is 9.94. The van der Waals surface area contributed by atoms with Crippen molar-refractivity contribution in [2.45, 2.75) is 50.6 Å². The van der Waals surface area contributed by atoms with Crippen LogP contribution in [0.2, 0.25) is 0 Å². The molecule has 0 bridgehead atoms. The molecule has 214 valence electrons. The molecule has 3 amide bonds. The van der Waals surface area contributed by atoms with E-state index in [1.54, 1.807) is 12.1 Å². The molecule has 5 rings (SSSR count). The van der Waals surface area contributed by atoms with Gasteiger partial charge < -0.3 is 19.7 Å². The molecule has 1 spiro atoms. The quantitative estimate of drug-likeness (QED) is 0.480. The molecule has 2 aromatic rings. The van der Waals surface area contributed by atoms with Crippen molar-refractivity contribution in [2.75, 3.05) is 31.6 Å². The van der Waals surface area contributed by atoms with E-state index in [1.165, 1.54) is 12.1 Å². The Hall–Kier alpha value is -3.67. The van der Waals surface area contributed by atoms with Gasteiger partial charge in [0.25, 0.3) is 5.91 Å². The maximum atomic E-state index is 13.6. The zero-order chi connectivity index (χ0) is 28.7. The number of hydrogen-bond donors (Lipinski definition) is 1. The van der Waals surface area contributed by atoms with Crippen LogP contribution in [0.1, 0.15) is 36.5 Å². The average Bonchev–Trinajstić information content (AvgIpc) is 3.62. The summed E-state index contributed by atoms with van der Waals surface area (Å²) in [7, 11) is 0. The number of fused-ring (bicyclic) bond motifs is 2. The minimum Gasteiger partial charge on any atom is -0.427 e. The predicted octanol–water partition coefficient (Wildman–Crippen LogP) is 4.37. The molecule has 2 saturated heterocycles. The number of alkyl halides is 3. The molecule has 3 aliphatic rings. The third kappa shape index (κ3) is 5.36. The van der Waals surface area contributed by atoms with Gasteiger partial charge in [0, 0.05) is 43.3 Å². The Morgan fingerprint density at radius 1 is 1.20 bits per heavy atom. The van der Waals surface area contributed by atoms with Crippen LogP contribution in [0, 0.1) is 11.7 Å². The number of carbonyl (C=O) groups excluding carboxylic acids is 3. The standard InChI is InChI=1S/C28H29F4N3O5/c1-17(28(30,31)32)34(14-18-2-4-21(29)5-3-18)24(36)15-35-25(37)27(40-26(35)38)10-8-20-12-22(6-7-23(20)27)33-13-19-9-11-39-16-19/h2-7,12,17,19,33H,8-11,13-16H2,1H3/t17-,19?,27+/m0/s1. The summed E-state index contributed by atoms with van der Waals surface area (Å²) in [6.45, 7) is 1.57. The summed E-state index contributed by atoms with van der Waals surface area (Å²) < 4.78 is 65.2. The average molecular weight is 564 g/mol. The lowest BCUT2D eigenvalue weighted by molar-refractivity contribution is -0.187. The van der Waals surface area contributed by atoms with Crippen LogP contribution in [-0.4, -0.2) is 66.2 Å². The number of carbonyl (C=O) groups is 3. The van der Waals surface area contributed by atoms with Gasteiger partial charge in [-0.15, -0.1) is 0 Å². The number of nitrogens with one attached hydrogen (secondary N) is 1. The molecule has 2 aliphatic heterocycles. The maximum absolute atomic E-state index is 13.6. The zero-order valence-electron chi connectivity index (χ0n) is 21.8. The minimum atomic E-state index is -4.77. The number of amides is 3. The van der Waals surface area contributed by atoms with Crippen LogP contribution in [0.15, 0.2) is 42.5 Å². The smallest absolute Gasteiger partial charge is 0.418 e. The number of rotatable bonds is 8. The van der Waals surface area contributed by atoms with Crippen molar-refractivity contribution in [2.24, 2.45) is 5.92 Å². The molecule has 1 unspecified atom stereocenters. The number of aryl methyl sites for hydroxylation is 1. The second-order valence-corrected chi connectivity index (χ2v) is 10.4. The molecule has 2 fully saturated rings. The van der Waals surface area contributed by atoms with E-state index in [0.29, 0.717) is 34.3 Å². The highest BCUT2D eigenvalue weighted by Gasteiger charge is 2.58. The van der Waals surface area contributed by atoms with Crippen LogP contribution in [0.3, 0.4) is 0 Å². The van der Waals surface area contributed by atoms with Crippen LogP contribution in [-0.2, 0) is 37.6 Å². The highest BCUT2D eigenvalue weighted by Crippen LogP contribution is 2.46. The number of halogens is 4. The fourth-order valence-corrected chi connectivity index (χ4v) is 5.40. The predicted molar refractivity (Wildman–Crippen MR) is 135 cm³/mol. The van der Waals surface area contributed by atoms with Crippen molar-refractivity contribution in [1.82, 2.24) is 9.80 Å². The molecule has 0 radical (unpaired) electrons. The molecule has 2 aromatic carbocycles. The molecule has 2 heterocycles. The van der Waals surface area contributed by atoms with E-state index < -0.39 is 54.6 Å². The number of benzene rings is 2. The molecule has 3 atom stereocenters. The molecular weight excluding hydrogens is 534 g/mol. The largest absolute Gasteiger partial charge is 0.427 e. The van der Waals surface area contributed by atoms with E-state index in [2.05, 4.69) is 5.32 Å². The van der Waals surface area contributed by atoms with Gasteiger partial charge in [-0.05, 0) is 55.2 Å². The Morgan fingerprint density at radius 2 is 1.95 bits per heavy atom. The van der Waals surface area contributed by atoms with Gasteiger partial charge in [-0.1, -0.05) is 18.2 Å². The van der Waals surface area contributed by atoms with Gasteiger partial charge in [0.2, 0.25) is 11.5 Å². The van der Waals surface area contributed by atoms with E-state index in [9.17, 15) is 31.9 Å². The molecule has 12 heteroatoms. The number of hydrogen-bond acceptors (Lipinski definition) is 6. The molecule has 1 aliphatic carbocycles. The van der Waals surface area contributed by atoms with Crippen LogP contribution in [0.5, 0.6) is 0 Å². The second kappa shape index (κ2) is 10.7. The normalized spacial score (nSPS) is 22.9. The van der Waals surface area contributed by atoms with Crippen LogP contribution in [0.25, 0.3) is 0 Å². The van der Waals surface area contributed by atoms with E-state index >= 15 is 0 Å². The first-order chi connectivity index (χ1) is 19.0. The summed E-state index contributed by atoms with van der Waals surface area (Å²) in [6, 6.07) is 7.84. The van der Waals surface area contributed by atoms with Crippen molar-refractivity contribution < 1.29 is 41.4 Å². The highest BCUT2D eigenvalue weighted by molar-refractivity contribution is 6.06. The minimum absolute atomic E-state index is 0.162. The number of anilines is 1. The topological polar surface area (TPSA) is 88.2 Å². The van der Waals surface area contributed by atoms with E-state index in [0.717, 1.165) is 49.9 Å². The second-order valence-electron chi connectivity index (χ2n) is 10.4. The first kappa shape index (κ1) is 27.9. The van der Waals surface area contributed by atoms with E-state index in [4.69, 9.17) is 9.47 Å². The van der Waals surface area contributed by atoms with Crippen molar-refractivity contribution in [3.63, 3.8) is 0 Å². The van der Waals surface area contributed by atoms with Gasteiger partial charge in [-0.25, -0.2) is 14.1 Å². The number of ether oxygens (including phenoxy) is 2. The van der Waals surface area contributed by atoms with Crippen LogP contribution in [0.4, 0.5) is 28.0 Å². The lowest BCUT2D eigenvalue weighted by Gasteiger charge is -2.31. The SMILES string of the molecule is C[C@H](N(Cc1ccc(F)cc1)C(=O)CN1C(=O)O[C@@]2(CCc3cc(NCC4CCOC4)ccc32)C1=O)C(F)(F)F. The van der Waals surface area contributed by atoms with Gasteiger partial charge in [0.05, 0.1) is 6.61 Å². The maximum Gasteiger partial charge on any atom is 0.418 e. The summed E-state index contributed by atoms with van der Waals surface area (Å²) in [5, 5.41) is 3.36. The van der Waals surface area contributed by atoms with Crippen molar-refractivity contribution >= 4 is 23.6 Å². The molecule has 0 saturated carbocycles. The molecule has 8 nitrogen and oxygen atoms in total. The monoisotopic (exact) mass is 563 g/mol. The van der Waals surface area contributed by atoms with Crippen LogP contribution >= 0.6 is 0 Å². The fourth-order valence-electron chi connectivity index (χ4n) is 5.40. The summed E-state index contributed by atoms with van der Waals surface area (Å²) in [5.41, 5.74) is 0.798. The van der Waals surface area contributed by atoms with Gasteiger partial charge in [0.15, 0.2) is 0 Å². The van der Waals surface area contributed by atoms with Gasteiger partial charge in [-0.3, -0.25) is 9.59 Å². The van der Waals surface area contributed by atoms with Gasteiger partial charge in [-0.2, -0.15) is 13.2 Å². The van der Waals surface area contributed by atoms with Crippen molar-refractivity contribution in [3.8, 4) is 0 Å². The van der Waals surface area contributed by atoms with Gasteiger partial charge in [0.1, 0.15) is 18.4 Å². The summed E-state index contributed by atoms with van der Waals surface area (Å²) >= 11 is 0. The van der Waals surface area contributed by atoms with Gasteiger partial charge >= 0.3 is 12.3 Å². The lowest BCUT2D eigenvalue weighted by Crippen LogP contribution is -2.51. The van der Waals surface area contributed by atoms with Crippen molar-refractivity contribution in [3.05, 3.63) is 65.0 Å². The Balaban J connectivity index is 1.32. The summed E-state index contributed by atoms with van der Waals surface area (Å²) in [5.74, 6) is -2.05. The summed E-state index contributed by atoms with van der Waals surface area (Å²) in [6.07, 6.45) is -4.28. The third-order valence-electron chi connectivity index (χ3n) is 7.80.